The lowest BCUT2D eigenvalue weighted by Gasteiger charge is -2.23. The first-order valence-electron chi connectivity index (χ1n) is 7.95. The Kier molecular flexibility index (Phi) is 5.35. The van der Waals surface area contributed by atoms with Crippen molar-refractivity contribution in [2.45, 2.75) is 45.8 Å². The van der Waals surface area contributed by atoms with Crippen molar-refractivity contribution in [1.82, 2.24) is 10.3 Å². The maximum absolute atomic E-state index is 14.2. The van der Waals surface area contributed by atoms with E-state index in [-0.39, 0.29) is 12.2 Å². The van der Waals surface area contributed by atoms with E-state index in [0.29, 0.717) is 11.1 Å². The van der Waals surface area contributed by atoms with Crippen LogP contribution in [0.25, 0.3) is 10.9 Å². The predicted octanol–water partition coefficient (Wildman–Crippen LogP) is 3.22. The van der Waals surface area contributed by atoms with Crippen molar-refractivity contribution in [1.29, 1.82) is 0 Å². The summed E-state index contributed by atoms with van der Waals surface area (Å²) in [5, 5.41) is 3.22. The standard InChI is InChI=1S/C18H23FN2O4/c1-10-12-6-7-20-15(12)11(8-13(10)19)9-14(16(22)24-5)21-17(23)25-18(2,3)4/h6-8,14,20H,9H2,1-5H3,(H,21,23). The van der Waals surface area contributed by atoms with E-state index in [1.165, 1.54) is 13.2 Å². The van der Waals surface area contributed by atoms with Crippen LogP contribution >= 0.6 is 0 Å². The van der Waals surface area contributed by atoms with Crippen LogP contribution in [0.3, 0.4) is 0 Å². The van der Waals surface area contributed by atoms with E-state index in [0.717, 1.165) is 10.9 Å². The normalized spacial score (nSPS) is 12.7. The molecule has 0 spiro atoms. The van der Waals surface area contributed by atoms with Gasteiger partial charge in [-0.05, 0) is 51.0 Å². The third kappa shape index (κ3) is 4.49. The van der Waals surface area contributed by atoms with Crippen LogP contribution in [0.15, 0.2) is 18.3 Å². The molecule has 6 nitrogen and oxygen atoms in total. The molecule has 0 saturated carbocycles. The lowest BCUT2D eigenvalue weighted by atomic mass is 10.00. The number of aromatic nitrogens is 1. The van der Waals surface area contributed by atoms with E-state index in [2.05, 4.69) is 10.3 Å². The highest BCUT2D eigenvalue weighted by molar-refractivity contribution is 5.87. The number of halogens is 1. The maximum atomic E-state index is 14.2. The monoisotopic (exact) mass is 350 g/mol. The molecule has 1 heterocycles. The van der Waals surface area contributed by atoms with Crippen molar-refractivity contribution in [2.75, 3.05) is 7.11 Å². The van der Waals surface area contributed by atoms with Crippen LogP contribution in [-0.2, 0) is 20.7 Å². The number of ether oxygens (including phenoxy) is 2. The third-order valence-corrected chi connectivity index (χ3v) is 3.73. The van der Waals surface area contributed by atoms with Crippen LogP contribution in [0.1, 0.15) is 31.9 Å². The fourth-order valence-corrected chi connectivity index (χ4v) is 2.58. The molecule has 2 N–H and O–H groups in total. The second-order valence-corrected chi connectivity index (χ2v) is 6.83. The summed E-state index contributed by atoms with van der Waals surface area (Å²) in [6.07, 6.45) is 1.04. The van der Waals surface area contributed by atoms with Gasteiger partial charge in [-0.25, -0.2) is 14.0 Å². The Labute approximate surface area is 145 Å². The average molecular weight is 350 g/mol. The Balaban J connectivity index is 2.29. The molecule has 1 amide bonds. The molecule has 7 heteroatoms. The van der Waals surface area contributed by atoms with Gasteiger partial charge in [0.15, 0.2) is 0 Å². The number of amides is 1. The number of nitrogens with one attached hydrogen (secondary N) is 2. The van der Waals surface area contributed by atoms with E-state index in [4.69, 9.17) is 9.47 Å². The van der Waals surface area contributed by atoms with Crippen molar-refractivity contribution < 1.29 is 23.5 Å². The van der Waals surface area contributed by atoms with Gasteiger partial charge in [0.2, 0.25) is 0 Å². The van der Waals surface area contributed by atoms with Gasteiger partial charge in [-0.3, -0.25) is 0 Å². The molecule has 0 aliphatic rings. The molecule has 0 aliphatic carbocycles. The van der Waals surface area contributed by atoms with Crippen LogP contribution in [0.4, 0.5) is 9.18 Å². The second kappa shape index (κ2) is 7.13. The number of carbonyl (C=O) groups is 2. The van der Waals surface area contributed by atoms with E-state index in [1.54, 1.807) is 40.0 Å². The van der Waals surface area contributed by atoms with Gasteiger partial charge in [-0.15, -0.1) is 0 Å². The topological polar surface area (TPSA) is 80.4 Å². The molecule has 1 atom stereocenters. The van der Waals surface area contributed by atoms with Crippen molar-refractivity contribution in [2.24, 2.45) is 0 Å². The molecular weight excluding hydrogens is 327 g/mol. The number of benzene rings is 1. The summed E-state index contributed by atoms with van der Waals surface area (Å²) in [4.78, 5) is 27.1. The molecule has 0 radical (unpaired) electrons. The van der Waals surface area contributed by atoms with Gasteiger partial charge in [-0.1, -0.05) is 0 Å². The lowest BCUT2D eigenvalue weighted by Crippen LogP contribution is -2.45. The zero-order valence-corrected chi connectivity index (χ0v) is 15.0. The first kappa shape index (κ1) is 18.8. The number of methoxy groups -OCH3 is 1. The van der Waals surface area contributed by atoms with Crippen molar-refractivity contribution in [3.05, 3.63) is 35.3 Å². The summed E-state index contributed by atoms with van der Waals surface area (Å²) < 4.78 is 24.1. The molecule has 1 aromatic carbocycles. The predicted molar refractivity (Wildman–Crippen MR) is 91.9 cm³/mol. The minimum atomic E-state index is -0.992. The summed E-state index contributed by atoms with van der Waals surface area (Å²) in [6.45, 7) is 6.85. The van der Waals surface area contributed by atoms with Gasteiger partial charge in [0.05, 0.1) is 7.11 Å². The molecule has 0 saturated heterocycles. The summed E-state index contributed by atoms with van der Waals surface area (Å²) in [5.74, 6) is -1.01. The number of carbonyl (C=O) groups excluding carboxylic acids is 2. The lowest BCUT2D eigenvalue weighted by molar-refractivity contribution is -0.143. The van der Waals surface area contributed by atoms with Crippen molar-refractivity contribution >= 4 is 23.0 Å². The van der Waals surface area contributed by atoms with Gasteiger partial charge >= 0.3 is 12.1 Å². The summed E-state index contributed by atoms with van der Waals surface area (Å²) in [5.41, 5.74) is 1.11. The summed E-state index contributed by atoms with van der Waals surface area (Å²) in [7, 11) is 1.23. The summed E-state index contributed by atoms with van der Waals surface area (Å²) in [6, 6.07) is 2.14. The zero-order valence-electron chi connectivity index (χ0n) is 15.0. The Morgan fingerprint density at radius 2 is 2.04 bits per heavy atom. The molecule has 136 valence electrons. The summed E-state index contributed by atoms with van der Waals surface area (Å²) >= 11 is 0. The molecule has 1 aromatic heterocycles. The number of aromatic amines is 1. The van der Waals surface area contributed by atoms with E-state index in [1.807, 2.05) is 0 Å². The van der Waals surface area contributed by atoms with E-state index < -0.39 is 23.7 Å². The molecule has 0 bridgehead atoms. The van der Waals surface area contributed by atoms with E-state index in [9.17, 15) is 14.0 Å². The molecule has 25 heavy (non-hydrogen) atoms. The molecular formula is C18H23FN2O4. The molecule has 0 fully saturated rings. The fourth-order valence-electron chi connectivity index (χ4n) is 2.58. The molecule has 2 rings (SSSR count). The Bertz CT molecular complexity index is 792. The minimum Gasteiger partial charge on any atom is -0.467 e. The van der Waals surface area contributed by atoms with Gasteiger partial charge in [0.25, 0.3) is 0 Å². The Morgan fingerprint density at radius 3 is 2.64 bits per heavy atom. The number of alkyl carbamates (subject to hydrolysis) is 1. The van der Waals surface area contributed by atoms with Gasteiger partial charge in [0, 0.05) is 23.5 Å². The number of H-pyrrole nitrogens is 1. The average Bonchev–Trinajstić information content (AvgIpc) is 2.99. The Morgan fingerprint density at radius 1 is 1.36 bits per heavy atom. The van der Waals surface area contributed by atoms with Crippen LogP contribution < -0.4 is 5.32 Å². The first-order chi connectivity index (χ1) is 11.6. The minimum absolute atomic E-state index is 0.0696. The highest BCUT2D eigenvalue weighted by atomic mass is 19.1. The highest BCUT2D eigenvalue weighted by Crippen LogP contribution is 2.25. The smallest absolute Gasteiger partial charge is 0.408 e. The number of hydrogen-bond donors (Lipinski definition) is 2. The number of aryl methyl sites for hydroxylation is 1. The maximum Gasteiger partial charge on any atom is 0.408 e. The van der Waals surface area contributed by atoms with Gasteiger partial charge in [-0.2, -0.15) is 0 Å². The quantitative estimate of drug-likeness (QED) is 0.830. The number of rotatable bonds is 4. The fraction of sp³-hybridized carbons (Fsp3) is 0.444. The van der Waals surface area contributed by atoms with Crippen molar-refractivity contribution in [3.63, 3.8) is 0 Å². The molecule has 2 aromatic rings. The number of hydrogen-bond acceptors (Lipinski definition) is 4. The van der Waals surface area contributed by atoms with E-state index >= 15 is 0 Å². The van der Waals surface area contributed by atoms with Crippen LogP contribution in [-0.4, -0.2) is 35.8 Å². The largest absolute Gasteiger partial charge is 0.467 e. The van der Waals surface area contributed by atoms with Gasteiger partial charge in [0.1, 0.15) is 17.5 Å². The highest BCUT2D eigenvalue weighted by Gasteiger charge is 2.26. The third-order valence-electron chi connectivity index (χ3n) is 3.73. The SMILES string of the molecule is COC(=O)C(Cc1cc(F)c(C)c2cc[nH]c12)NC(=O)OC(C)(C)C. The van der Waals surface area contributed by atoms with Gasteiger partial charge < -0.3 is 19.8 Å². The van der Waals surface area contributed by atoms with Crippen molar-refractivity contribution in [3.8, 4) is 0 Å². The molecule has 1 unspecified atom stereocenters. The van der Waals surface area contributed by atoms with Crippen LogP contribution in [0.5, 0.6) is 0 Å². The zero-order chi connectivity index (χ0) is 18.8. The number of esters is 1. The number of fused-ring (bicyclic) bond motifs is 1. The second-order valence-electron chi connectivity index (χ2n) is 6.83. The Hall–Kier alpha value is -2.57. The molecule has 0 aliphatic heterocycles. The van der Waals surface area contributed by atoms with Crippen LogP contribution in [0.2, 0.25) is 0 Å². The first-order valence-corrected chi connectivity index (χ1v) is 7.95. The van der Waals surface area contributed by atoms with Crippen LogP contribution in [0, 0.1) is 12.7 Å².